The van der Waals surface area contributed by atoms with Gasteiger partial charge in [0, 0.05) is 5.82 Å². The van der Waals surface area contributed by atoms with Crippen molar-refractivity contribution in [1.29, 1.82) is 0 Å². The van der Waals surface area contributed by atoms with Gasteiger partial charge in [0.25, 0.3) is 0 Å². The Balaban J connectivity index is 2.67. The van der Waals surface area contributed by atoms with E-state index < -0.39 is 7.60 Å². The molecule has 1 fully saturated rings. The molecule has 0 amide bonds. The Bertz CT molecular complexity index is 335. The predicted octanol–water partition coefficient (Wildman–Crippen LogP) is 5.37. The van der Waals surface area contributed by atoms with Crippen LogP contribution in [-0.4, -0.2) is 13.2 Å². The van der Waals surface area contributed by atoms with Crippen molar-refractivity contribution < 1.29 is 13.6 Å². The van der Waals surface area contributed by atoms with Crippen molar-refractivity contribution in [3.05, 3.63) is 11.4 Å². The van der Waals surface area contributed by atoms with E-state index in [-0.39, 0.29) is 0 Å². The third kappa shape index (κ3) is 5.41. The van der Waals surface area contributed by atoms with Crippen molar-refractivity contribution in [2.45, 2.75) is 60.3 Å². The van der Waals surface area contributed by atoms with Gasteiger partial charge in [0.15, 0.2) is 0 Å². The van der Waals surface area contributed by atoms with Crippen LogP contribution in [0.5, 0.6) is 0 Å². The molecule has 0 N–H and O–H groups in total. The second kappa shape index (κ2) is 7.06. The van der Waals surface area contributed by atoms with Gasteiger partial charge < -0.3 is 9.05 Å². The zero-order valence-electron chi connectivity index (χ0n) is 13.1. The van der Waals surface area contributed by atoms with Crippen molar-refractivity contribution in [2.75, 3.05) is 13.2 Å². The molecule has 1 rings (SSSR count). The van der Waals surface area contributed by atoms with Crippen LogP contribution in [0.2, 0.25) is 0 Å². The van der Waals surface area contributed by atoms with Gasteiger partial charge in [0.05, 0.1) is 13.2 Å². The van der Waals surface area contributed by atoms with E-state index in [2.05, 4.69) is 20.8 Å². The molecule has 0 bridgehead atoms. The Labute approximate surface area is 118 Å². The maximum absolute atomic E-state index is 12.4. The lowest BCUT2D eigenvalue weighted by atomic mass is 9.71. The molecule has 0 aromatic carbocycles. The highest BCUT2D eigenvalue weighted by atomic mass is 31.2. The molecule has 112 valence electrons. The van der Waals surface area contributed by atoms with Gasteiger partial charge in [-0.2, -0.15) is 0 Å². The van der Waals surface area contributed by atoms with Gasteiger partial charge in [-0.05, 0) is 50.9 Å². The van der Waals surface area contributed by atoms with E-state index in [0.29, 0.717) is 18.6 Å². The Hall–Kier alpha value is -0.110. The van der Waals surface area contributed by atoms with Gasteiger partial charge in [-0.15, -0.1) is 0 Å². The largest absolute Gasteiger partial charge is 0.354 e. The van der Waals surface area contributed by atoms with Crippen LogP contribution in [-0.2, 0) is 13.6 Å². The smallest absolute Gasteiger partial charge is 0.306 e. The number of hydrogen-bond donors (Lipinski definition) is 0. The molecule has 19 heavy (non-hydrogen) atoms. The highest BCUT2D eigenvalue weighted by Crippen LogP contribution is 2.52. The van der Waals surface area contributed by atoms with Crippen LogP contribution in [0.25, 0.3) is 0 Å². The van der Waals surface area contributed by atoms with E-state index in [1.54, 1.807) is 5.82 Å². The standard InChI is InChI=1S/C15H29O3P/c1-6-17-19(16,18-7-2)12-13-8-10-14(11-9-13)15(3,4)5/h12,14H,6-11H2,1-5H3. The molecule has 0 heterocycles. The highest BCUT2D eigenvalue weighted by molar-refractivity contribution is 7.57. The molecule has 0 saturated heterocycles. The summed E-state index contributed by atoms with van der Waals surface area (Å²) in [6.07, 6.45) is 4.39. The molecule has 4 heteroatoms. The van der Waals surface area contributed by atoms with E-state index in [4.69, 9.17) is 9.05 Å². The maximum Gasteiger partial charge on any atom is 0.354 e. The summed E-state index contributed by atoms with van der Waals surface area (Å²) < 4.78 is 23.1. The van der Waals surface area contributed by atoms with Crippen LogP contribution < -0.4 is 0 Å². The molecule has 0 aliphatic heterocycles. The SMILES string of the molecule is CCOP(=O)(C=C1CCC(C(C)(C)C)CC1)OCC. The van der Waals surface area contributed by atoms with Gasteiger partial charge in [0.1, 0.15) is 0 Å². The second-order valence-corrected chi connectivity index (χ2v) is 8.16. The fraction of sp³-hybridized carbons (Fsp3) is 0.867. The van der Waals surface area contributed by atoms with E-state index in [1.165, 1.54) is 18.4 Å². The summed E-state index contributed by atoms with van der Waals surface area (Å²) in [4.78, 5) is 0. The lowest BCUT2D eigenvalue weighted by Gasteiger charge is -2.35. The van der Waals surface area contributed by atoms with Gasteiger partial charge in [0.2, 0.25) is 0 Å². The van der Waals surface area contributed by atoms with Crippen LogP contribution in [0.15, 0.2) is 11.4 Å². The Kier molecular flexibility index (Phi) is 6.29. The minimum atomic E-state index is -3.01. The van der Waals surface area contributed by atoms with Crippen molar-refractivity contribution in [2.24, 2.45) is 11.3 Å². The summed E-state index contributed by atoms with van der Waals surface area (Å²) in [6.45, 7) is 11.5. The molecule has 0 aromatic heterocycles. The molecule has 1 aliphatic rings. The van der Waals surface area contributed by atoms with Gasteiger partial charge in [-0.1, -0.05) is 26.3 Å². The molecule has 3 nitrogen and oxygen atoms in total. The van der Waals surface area contributed by atoms with Crippen LogP contribution in [0.1, 0.15) is 60.3 Å². The van der Waals surface area contributed by atoms with Gasteiger partial charge in [-0.3, -0.25) is 4.57 Å². The van der Waals surface area contributed by atoms with E-state index >= 15 is 0 Å². The van der Waals surface area contributed by atoms with E-state index in [1.807, 2.05) is 13.8 Å². The molecular weight excluding hydrogens is 259 g/mol. The summed E-state index contributed by atoms with van der Waals surface area (Å²) in [5, 5.41) is 0. The minimum Gasteiger partial charge on any atom is -0.306 e. The lowest BCUT2D eigenvalue weighted by molar-refractivity contribution is 0.197. The third-order valence-electron chi connectivity index (χ3n) is 3.81. The number of hydrogen-bond acceptors (Lipinski definition) is 3. The van der Waals surface area contributed by atoms with Crippen molar-refractivity contribution in [1.82, 2.24) is 0 Å². The molecule has 0 atom stereocenters. The molecule has 0 aromatic rings. The first-order chi connectivity index (χ1) is 8.80. The van der Waals surface area contributed by atoms with Gasteiger partial charge >= 0.3 is 7.60 Å². The van der Waals surface area contributed by atoms with Crippen molar-refractivity contribution in [3.8, 4) is 0 Å². The molecule has 1 aliphatic carbocycles. The second-order valence-electron chi connectivity index (χ2n) is 6.30. The Morgan fingerprint density at radius 2 is 1.63 bits per heavy atom. The summed E-state index contributed by atoms with van der Waals surface area (Å²) in [5.41, 5.74) is 1.61. The van der Waals surface area contributed by atoms with Crippen molar-refractivity contribution in [3.63, 3.8) is 0 Å². The van der Waals surface area contributed by atoms with Crippen LogP contribution in [0, 0.1) is 11.3 Å². The molecule has 0 spiro atoms. The summed E-state index contributed by atoms with van der Waals surface area (Å²) in [7, 11) is -3.01. The number of rotatable bonds is 5. The average molecular weight is 288 g/mol. The quantitative estimate of drug-likeness (QED) is 0.638. The molecular formula is C15H29O3P. The molecule has 1 saturated carbocycles. The topological polar surface area (TPSA) is 35.5 Å². The Morgan fingerprint density at radius 1 is 1.16 bits per heavy atom. The monoisotopic (exact) mass is 288 g/mol. The highest BCUT2D eigenvalue weighted by Gasteiger charge is 2.29. The summed E-state index contributed by atoms with van der Waals surface area (Å²) in [5.74, 6) is 2.53. The first-order valence-corrected chi connectivity index (χ1v) is 9.01. The maximum atomic E-state index is 12.4. The fourth-order valence-corrected chi connectivity index (χ4v) is 4.33. The van der Waals surface area contributed by atoms with E-state index in [0.717, 1.165) is 18.8 Å². The number of allylic oxidation sites excluding steroid dienone is 1. The fourth-order valence-electron chi connectivity index (χ4n) is 2.68. The van der Waals surface area contributed by atoms with Crippen molar-refractivity contribution >= 4 is 7.60 Å². The van der Waals surface area contributed by atoms with Gasteiger partial charge in [-0.25, -0.2) is 0 Å². The third-order valence-corrected chi connectivity index (χ3v) is 5.73. The van der Waals surface area contributed by atoms with Crippen LogP contribution in [0.4, 0.5) is 0 Å². The van der Waals surface area contributed by atoms with Crippen LogP contribution >= 0.6 is 7.60 Å². The molecule has 0 radical (unpaired) electrons. The average Bonchev–Trinajstić information content (AvgIpc) is 2.28. The zero-order chi connectivity index (χ0) is 14.5. The predicted molar refractivity (Wildman–Crippen MR) is 80.4 cm³/mol. The first-order valence-electron chi connectivity index (χ1n) is 7.40. The summed E-state index contributed by atoms with van der Waals surface area (Å²) in [6, 6.07) is 0. The minimum absolute atomic E-state index is 0.370. The molecule has 0 unspecified atom stereocenters. The van der Waals surface area contributed by atoms with Crippen LogP contribution in [0.3, 0.4) is 0 Å². The van der Waals surface area contributed by atoms with E-state index in [9.17, 15) is 4.57 Å². The lowest BCUT2D eigenvalue weighted by Crippen LogP contribution is -2.23. The normalized spacial score (nSPS) is 21.5. The Morgan fingerprint density at radius 3 is 2.00 bits per heavy atom. The summed E-state index contributed by atoms with van der Waals surface area (Å²) >= 11 is 0. The first kappa shape index (κ1) is 16.9. The zero-order valence-corrected chi connectivity index (χ0v) is 14.0.